The molecule has 0 radical (unpaired) electrons. The molecule has 1 saturated heterocycles. The summed E-state index contributed by atoms with van der Waals surface area (Å²) >= 11 is 0. The van der Waals surface area contributed by atoms with Crippen molar-refractivity contribution in [2.45, 2.75) is 26.0 Å². The second-order valence-corrected chi connectivity index (χ2v) is 5.12. The summed E-state index contributed by atoms with van der Waals surface area (Å²) in [4.78, 5) is 2.51. The van der Waals surface area contributed by atoms with Crippen LogP contribution in [0.3, 0.4) is 0 Å². The first-order chi connectivity index (χ1) is 7.30. The van der Waals surface area contributed by atoms with E-state index in [9.17, 15) is 0 Å². The lowest BCUT2D eigenvalue weighted by Crippen LogP contribution is -2.47. The third kappa shape index (κ3) is 1.80. The van der Waals surface area contributed by atoms with Gasteiger partial charge in [0.15, 0.2) is 0 Å². The van der Waals surface area contributed by atoms with E-state index in [1.165, 1.54) is 31.5 Å². The Labute approximate surface area is 90.5 Å². The zero-order chi connectivity index (χ0) is 10.3. The molecule has 1 spiro atoms. The van der Waals surface area contributed by atoms with E-state index < -0.39 is 0 Å². The fraction of sp³-hybridized carbons (Fsp3) is 0.538. The zero-order valence-electron chi connectivity index (χ0n) is 8.95. The monoisotopic (exact) mass is 203 g/mol. The molecule has 2 heteroatoms. The van der Waals surface area contributed by atoms with Gasteiger partial charge in [0.1, 0.15) is 0 Å². The summed E-state index contributed by atoms with van der Waals surface area (Å²) in [6.45, 7) is 3.82. The molecule has 3 rings (SSSR count). The molecule has 0 atom stereocenters. The lowest BCUT2D eigenvalue weighted by atomic mass is 9.96. The van der Waals surface area contributed by atoms with Gasteiger partial charge in [0, 0.05) is 19.6 Å². The molecule has 0 bridgehead atoms. The van der Waals surface area contributed by atoms with Gasteiger partial charge in [0.05, 0.1) is 6.61 Å². The van der Waals surface area contributed by atoms with Crippen molar-refractivity contribution >= 4 is 0 Å². The van der Waals surface area contributed by atoms with E-state index in [1.54, 1.807) is 0 Å². The molecule has 1 aliphatic carbocycles. The molecule has 15 heavy (non-hydrogen) atoms. The van der Waals surface area contributed by atoms with Crippen LogP contribution in [0.2, 0.25) is 0 Å². The number of nitrogens with zero attached hydrogens (tertiary/aromatic N) is 1. The number of hydrogen-bond acceptors (Lipinski definition) is 2. The van der Waals surface area contributed by atoms with Gasteiger partial charge in [0.25, 0.3) is 0 Å². The second kappa shape index (κ2) is 3.32. The van der Waals surface area contributed by atoms with E-state index in [0.29, 0.717) is 0 Å². The maximum absolute atomic E-state index is 8.93. The van der Waals surface area contributed by atoms with Gasteiger partial charge in [-0.25, -0.2) is 0 Å². The van der Waals surface area contributed by atoms with E-state index in [-0.39, 0.29) is 6.61 Å². The van der Waals surface area contributed by atoms with Gasteiger partial charge in [-0.05, 0) is 29.4 Å². The molecule has 1 aliphatic heterocycles. The summed E-state index contributed by atoms with van der Waals surface area (Å²) in [6.07, 6.45) is 2.90. The minimum absolute atomic E-state index is 0.146. The highest BCUT2D eigenvalue weighted by Crippen LogP contribution is 2.53. The van der Waals surface area contributed by atoms with Crippen molar-refractivity contribution in [2.75, 3.05) is 13.1 Å². The van der Waals surface area contributed by atoms with Crippen molar-refractivity contribution in [3.63, 3.8) is 0 Å². The summed E-state index contributed by atoms with van der Waals surface area (Å²) in [5.74, 6) is 0. The third-order valence-electron chi connectivity index (χ3n) is 3.69. The van der Waals surface area contributed by atoms with Crippen LogP contribution >= 0.6 is 0 Å². The molecule has 1 saturated carbocycles. The van der Waals surface area contributed by atoms with Crippen molar-refractivity contribution in [2.24, 2.45) is 5.41 Å². The van der Waals surface area contributed by atoms with E-state index >= 15 is 0 Å². The fourth-order valence-electron chi connectivity index (χ4n) is 2.52. The summed E-state index contributed by atoms with van der Waals surface area (Å²) in [5, 5.41) is 8.93. The molecule has 0 unspecified atom stereocenters. The maximum Gasteiger partial charge on any atom is 0.0681 e. The van der Waals surface area contributed by atoms with Crippen LogP contribution in [0.5, 0.6) is 0 Å². The van der Waals surface area contributed by atoms with E-state index in [1.807, 2.05) is 12.1 Å². The van der Waals surface area contributed by atoms with Gasteiger partial charge in [-0.15, -0.1) is 0 Å². The zero-order valence-corrected chi connectivity index (χ0v) is 8.95. The van der Waals surface area contributed by atoms with E-state index in [0.717, 1.165) is 17.5 Å². The quantitative estimate of drug-likeness (QED) is 0.809. The highest BCUT2D eigenvalue weighted by Gasteiger charge is 2.51. The highest BCUT2D eigenvalue weighted by atomic mass is 16.3. The SMILES string of the molecule is OCc1ccc(CN2CC3(CC3)C2)cc1. The molecule has 0 amide bonds. The van der Waals surface area contributed by atoms with Crippen molar-refractivity contribution in [3.05, 3.63) is 35.4 Å². The summed E-state index contributed by atoms with van der Waals surface area (Å²) in [7, 11) is 0. The van der Waals surface area contributed by atoms with Gasteiger partial charge in [-0.1, -0.05) is 24.3 Å². The van der Waals surface area contributed by atoms with Crippen LogP contribution in [0, 0.1) is 5.41 Å². The minimum Gasteiger partial charge on any atom is -0.392 e. The molecule has 1 aromatic carbocycles. The molecular formula is C13H17NO. The Morgan fingerprint density at radius 3 is 2.20 bits per heavy atom. The highest BCUT2D eigenvalue weighted by molar-refractivity contribution is 5.22. The molecule has 1 heterocycles. The first-order valence-corrected chi connectivity index (χ1v) is 5.71. The Hall–Kier alpha value is -0.860. The Kier molecular flexibility index (Phi) is 2.08. The largest absolute Gasteiger partial charge is 0.392 e. The number of aliphatic hydroxyl groups excluding tert-OH is 1. The van der Waals surface area contributed by atoms with Crippen LogP contribution in [-0.2, 0) is 13.2 Å². The predicted molar refractivity (Wildman–Crippen MR) is 59.3 cm³/mol. The van der Waals surface area contributed by atoms with Gasteiger partial charge in [0.2, 0.25) is 0 Å². The van der Waals surface area contributed by atoms with Crippen LogP contribution in [0.15, 0.2) is 24.3 Å². The van der Waals surface area contributed by atoms with E-state index in [4.69, 9.17) is 5.11 Å². The third-order valence-corrected chi connectivity index (χ3v) is 3.69. The normalized spacial score (nSPS) is 22.7. The number of benzene rings is 1. The average Bonchev–Trinajstić information content (AvgIpc) is 2.99. The molecule has 2 nitrogen and oxygen atoms in total. The Bertz CT molecular complexity index is 345. The standard InChI is InChI=1S/C13H17NO/c15-8-12-3-1-11(2-4-12)7-14-9-13(10-14)5-6-13/h1-4,15H,5-10H2. The molecule has 2 aliphatic rings. The van der Waals surface area contributed by atoms with Crippen molar-refractivity contribution in [1.82, 2.24) is 4.90 Å². The molecule has 1 N–H and O–H groups in total. The Morgan fingerprint density at radius 2 is 1.67 bits per heavy atom. The maximum atomic E-state index is 8.93. The predicted octanol–water partition coefficient (Wildman–Crippen LogP) is 1.77. The molecule has 1 aromatic rings. The minimum atomic E-state index is 0.146. The van der Waals surface area contributed by atoms with Gasteiger partial charge in [-0.3, -0.25) is 4.90 Å². The smallest absolute Gasteiger partial charge is 0.0681 e. The summed E-state index contributed by atoms with van der Waals surface area (Å²) in [5.41, 5.74) is 3.12. The van der Waals surface area contributed by atoms with Crippen molar-refractivity contribution in [1.29, 1.82) is 0 Å². The van der Waals surface area contributed by atoms with Gasteiger partial charge in [-0.2, -0.15) is 0 Å². The van der Waals surface area contributed by atoms with Gasteiger partial charge < -0.3 is 5.11 Å². The van der Waals surface area contributed by atoms with Gasteiger partial charge >= 0.3 is 0 Å². The summed E-state index contributed by atoms with van der Waals surface area (Å²) < 4.78 is 0. The second-order valence-electron chi connectivity index (χ2n) is 5.12. The topological polar surface area (TPSA) is 23.5 Å². The molecule has 80 valence electrons. The molecule has 0 aromatic heterocycles. The van der Waals surface area contributed by atoms with Crippen LogP contribution in [0.25, 0.3) is 0 Å². The molecular weight excluding hydrogens is 186 g/mol. The van der Waals surface area contributed by atoms with Crippen LogP contribution in [-0.4, -0.2) is 23.1 Å². The number of aliphatic hydroxyl groups is 1. The number of likely N-dealkylation sites (tertiary alicyclic amines) is 1. The number of hydrogen-bond donors (Lipinski definition) is 1. The first-order valence-electron chi connectivity index (χ1n) is 5.71. The Balaban J connectivity index is 1.57. The van der Waals surface area contributed by atoms with Crippen LogP contribution in [0.4, 0.5) is 0 Å². The van der Waals surface area contributed by atoms with Crippen molar-refractivity contribution in [3.8, 4) is 0 Å². The number of rotatable bonds is 3. The lowest BCUT2D eigenvalue weighted by Gasteiger charge is -2.40. The summed E-state index contributed by atoms with van der Waals surface area (Å²) in [6, 6.07) is 8.29. The van der Waals surface area contributed by atoms with Crippen molar-refractivity contribution < 1.29 is 5.11 Å². The average molecular weight is 203 g/mol. The van der Waals surface area contributed by atoms with Crippen LogP contribution in [0.1, 0.15) is 24.0 Å². The fourth-order valence-corrected chi connectivity index (χ4v) is 2.52. The Morgan fingerprint density at radius 1 is 1.07 bits per heavy atom. The van der Waals surface area contributed by atoms with E-state index in [2.05, 4.69) is 17.0 Å². The lowest BCUT2D eigenvalue weighted by molar-refractivity contribution is 0.0739. The first kappa shape index (κ1) is 9.37. The van der Waals surface area contributed by atoms with Crippen LogP contribution < -0.4 is 0 Å². The molecule has 2 fully saturated rings.